The summed E-state index contributed by atoms with van der Waals surface area (Å²) in [7, 11) is 0. The van der Waals surface area contributed by atoms with Gasteiger partial charge < -0.3 is 0 Å². The highest BCUT2D eigenvalue weighted by molar-refractivity contribution is 9.10. The average molecular weight is 313 g/mol. The standard InChI is InChI=1S/C16H13BrN2/c1-2-16-18-14(10-15(17)19-16)13-8-7-11-5-3-4-6-12(11)9-13/h3-10H,2H2,1H3. The SMILES string of the molecule is CCc1nc(Br)cc(-c2ccc3ccccc3c2)n1. The number of aromatic nitrogens is 2. The Balaban J connectivity index is 2.15. The van der Waals surface area contributed by atoms with Crippen LogP contribution in [0.15, 0.2) is 53.1 Å². The van der Waals surface area contributed by atoms with Gasteiger partial charge in [-0.25, -0.2) is 9.97 Å². The van der Waals surface area contributed by atoms with Crippen LogP contribution >= 0.6 is 15.9 Å². The molecule has 0 aliphatic rings. The Bertz CT molecular complexity index is 738. The lowest BCUT2D eigenvalue weighted by molar-refractivity contribution is 0.932. The van der Waals surface area contributed by atoms with E-state index >= 15 is 0 Å². The number of aryl methyl sites for hydroxylation is 1. The molecule has 0 N–H and O–H groups in total. The van der Waals surface area contributed by atoms with Crippen LogP contribution in [0.1, 0.15) is 12.7 Å². The van der Waals surface area contributed by atoms with E-state index < -0.39 is 0 Å². The Labute approximate surface area is 120 Å². The maximum Gasteiger partial charge on any atom is 0.130 e. The van der Waals surface area contributed by atoms with Gasteiger partial charge in [-0.05, 0) is 38.8 Å². The minimum atomic E-state index is 0.833. The van der Waals surface area contributed by atoms with E-state index in [1.54, 1.807) is 0 Å². The smallest absolute Gasteiger partial charge is 0.130 e. The molecule has 1 aromatic heterocycles. The molecule has 0 saturated carbocycles. The van der Waals surface area contributed by atoms with Crippen molar-refractivity contribution in [1.82, 2.24) is 9.97 Å². The molecule has 3 rings (SSSR count). The number of halogens is 1. The second-order valence-electron chi connectivity index (χ2n) is 4.41. The average Bonchev–Trinajstić information content (AvgIpc) is 2.46. The molecule has 1 heterocycles. The van der Waals surface area contributed by atoms with Gasteiger partial charge in [-0.15, -0.1) is 0 Å². The molecular weight excluding hydrogens is 300 g/mol. The highest BCUT2D eigenvalue weighted by Gasteiger charge is 2.05. The zero-order valence-electron chi connectivity index (χ0n) is 10.6. The van der Waals surface area contributed by atoms with Crippen LogP contribution in [-0.2, 0) is 6.42 Å². The summed E-state index contributed by atoms with van der Waals surface area (Å²) in [6.07, 6.45) is 0.833. The molecule has 0 saturated heterocycles. The third-order valence-electron chi connectivity index (χ3n) is 3.10. The molecule has 0 radical (unpaired) electrons. The second-order valence-corrected chi connectivity index (χ2v) is 5.22. The quantitative estimate of drug-likeness (QED) is 0.645. The van der Waals surface area contributed by atoms with Crippen LogP contribution in [0.5, 0.6) is 0 Å². The van der Waals surface area contributed by atoms with Crippen LogP contribution in [0.4, 0.5) is 0 Å². The first-order valence-corrected chi connectivity index (χ1v) is 7.08. The Morgan fingerprint density at radius 3 is 2.53 bits per heavy atom. The molecule has 3 heteroatoms. The molecule has 0 aliphatic heterocycles. The van der Waals surface area contributed by atoms with Crippen molar-refractivity contribution in [1.29, 1.82) is 0 Å². The van der Waals surface area contributed by atoms with Crippen LogP contribution in [0.2, 0.25) is 0 Å². The summed E-state index contributed by atoms with van der Waals surface area (Å²) < 4.78 is 0.836. The Morgan fingerprint density at radius 2 is 1.74 bits per heavy atom. The van der Waals surface area contributed by atoms with Gasteiger partial charge in [-0.3, -0.25) is 0 Å². The number of benzene rings is 2. The normalized spacial score (nSPS) is 10.8. The second kappa shape index (κ2) is 5.10. The fraction of sp³-hybridized carbons (Fsp3) is 0.125. The molecule has 0 atom stereocenters. The first kappa shape index (κ1) is 12.3. The van der Waals surface area contributed by atoms with Gasteiger partial charge in [0.15, 0.2) is 0 Å². The molecule has 0 bridgehead atoms. The molecule has 0 unspecified atom stereocenters. The summed E-state index contributed by atoms with van der Waals surface area (Å²) in [5.74, 6) is 0.859. The monoisotopic (exact) mass is 312 g/mol. The Hall–Kier alpha value is -1.74. The van der Waals surface area contributed by atoms with Crippen molar-refractivity contribution in [2.75, 3.05) is 0 Å². The van der Waals surface area contributed by atoms with E-state index in [-0.39, 0.29) is 0 Å². The Kier molecular flexibility index (Phi) is 3.30. The minimum absolute atomic E-state index is 0.833. The molecule has 0 aliphatic carbocycles. The first-order chi connectivity index (χ1) is 9.26. The number of nitrogens with zero attached hydrogens (tertiary/aromatic N) is 2. The number of fused-ring (bicyclic) bond motifs is 1. The fourth-order valence-corrected chi connectivity index (χ4v) is 2.54. The maximum atomic E-state index is 4.59. The van der Waals surface area contributed by atoms with E-state index in [9.17, 15) is 0 Å². The van der Waals surface area contributed by atoms with E-state index in [4.69, 9.17) is 0 Å². The summed E-state index contributed by atoms with van der Waals surface area (Å²) in [5, 5.41) is 2.47. The van der Waals surface area contributed by atoms with Gasteiger partial charge in [-0.1, -0.05) is 43.3 Å². The van der Waals surface area contributed by atoms with Crippen LogP contribution in [0.3, 0.4) is 0 Å². The third kappa shape index (κ3) is 2.51. The number of rotatable bonds is 2. The van der Waals surface area contributed by atoms with Gasteiger partial charge in [0.1, 0.15) is 10.4 Å². The van der Waals surface area contributed by atoms with Gasteiger partial charge in [0.2, 0.25) is 0 Å². The highest BCUT2D eigenvalue weighted by Crippen LogP contribution is 2.24. The molecule has 3 aromatic rings. The summed E-state index contributed by atoms with van der Waals surface area (Å²) >= 11 is 3.45. The number of hydrogen-bond donors (Lipinski definition) is 0. The molecule has 2 nitrogen and oxygen atoms in total. The summed E-state index contributed by atoms with van der Waals surface area (Å²) in [6, 6.07) is 16.7. The highest BCUT2D eigenvalue weighted by atomic mass is 79.9. The zero-order valence-corrected chi connectivity index (χ0v) is 12.2. The molecule has 0 amide bonds. The van der Waals surface area contributed by atoms with Gasteiger partial charge in [0.05, 0.1) is 5.69 Å². The molecule has 94 valence electrons. The van der Waals surface area contributed by atoms with E-state index in [2.05, 4.69) is 75.3 Å². The maximum absolute atomic E-state index is 4.59. The van der Waals surface area contributed by atoms with Gasteiger partial charge in [0.25, 0.3) is 0 Å². The topological polar surface area (TPSA) is 25.8 Å². The minimum Gasteiger partial charge on any atom is -0.233 e. The summed E-state index contributed by atoms with van der Waals surface area (Å²) in [6.45, 7) is 2.06. The van der Waals surface area contributed by atoms with Crippen molar-refractivity contribution in [3.8, 4) is 11.3 Å². The molecule has 0 fully saturated rings. The van der Waals surface area contributed by atoms with E-state index in [1.165, 1.54) is 10.8 Å². The van der Waals surface area contributed by atoms with Crippen LogP contribution in [0.25, 0.3) is 22.0 Å². The lowest BCUT2D eigenvalue weighted by atomic mass is 10.1. The predicted molar refractivity (Wildman–Crippen MR) is 82.1 cm³/mol. The van der Waals surface area contributed by atoms with Gasteiger partial charge in [-0.2, -0.15) is 0 Å². The zero-order chi connectivity index (χ0) is 13.2. The van der Waals surface area contributed by atoms with Crippen molar-refractivity contribution in [3.63, 3.8) is 0 Å². The predicted octanol–water partition coefficient (Wildman–Crippen LogP) is 4.62. The lowest BCUT2D eigenvalue weighted by Gasteiger charge is -2.06. The first-order valence-electron chi connectivity index (χ1n) is 6.29. The van der Waals surface area contributed by atoms with Crippen LogP contribution in [0, 0.1) is 0 Å². The molecule has 2 aromatic carbocycles. The molecular formula is C16H13BrN2. The van der Waals surface area contributed by atoms with Crippen molar-refractivity contribution in [2.45, 2.75) is 13.3 Å². The largest absolute Gasteiger partial charge is 0.233 e. The third-order valence-corrected chi connectivity index (χ3v) is 3.51. The lowest BCUT2D eigenvalue weighted by Crippen LogP contribution is -1.95. The van der Waals surface area contributed by atoms with E-state index in [0.29, 0.717) is 0 Å². The summed E-state index contributed by atoms with van der Waals surface area (Å²) in [5.41, 5.74) is 2.08. The van der Waals surface area contributed by atoms with Crippen molar-refractivity contribution >= 4 is 26.7 Å². The van der Waals surface area contributed by atoms with Crippen LogP contribution < -0.4 is 0 Å². The van der Waals surface area contributed by atoms with Gasteiger partial charge >= 0.3 is 0 Å². The molecule has 19 heavy (non-hydrogen) atoms. The van der Waals surface area contributed by atoms with E-state index in [0.717, 1.165) is 28.1 Å². The van der Waals surface area contributed by atoms with Crippen LogP contribution in [-0.4, -0.2) is 9.97 Å². The fourth-order valence-electron chi connectivity index (χ4n) is 2.12. The summed E-state index contributed by atoms with van der Waals surface area (Å²) in [4.78, 5) is 8.93. The van der Waals surface area contributed by atoms with Gasteiger partial charge in [0, 0.05) is 12.0 Å². The number of hydrogen-bond acceptors (Lipinski definition) is 2. The molecule has 0 spiro atoms. The van der Waals surface area contributed by atoms with Crippen molar-refractivity contribution < 1.29 is 0 Å². The Morgan fingerprint density at radius 1 is 0.947 bits per heavy atom. The van der Waals surface area contributed by atoms with Crippen molar-refractivity contribution in [2.24, 2.45) is 0 Å². The van der Waals surface area contributed by atoms with E-state index in [1.807, 2.05) is 6.07 Å². The van der Waals surface area contributed by atoms with Crippen molar-refractivity contribution in [3.05, 3.63) is 59.0 Å².